The third-order valence-electron chi connectivity index (χ3n) is 3.59. The van der Waals surface area contributed by atoms with Crippen LogP contribution in [-0.2, 0) is 14.3 Å². The first-order valence-electron chi connectivity index (χ1n) is 7.51. The van der Waals surface area contributed by atoms with E-state index in [1.54, 1.807) is 0 Å². The molecular weight excluding hydrogens is 280 g/mol. The molecule has 4 N–H and O–H groups in total. The number of unbranched alkanes of at least 4 members (excludes halogenated alkanes) is 4. The van der Waals surface area contributed by atoms with Crippen molar-refractivity contribution < 1.29 is 34.7 Å². The second-order valence-electron chi connectivity index (χ2n) is 5.35. The molecule has 0 aromatic heterocycles. The Morgan fingerprint density at radius 1 is 1.10 bits per heavy atom. The van der Waals surface area contributed by atoms with Crippen molar-refractivity contribution in [1.82, 2.24) is 0 Å². The molecule has 1 aliphatic heterocycles. The highest BCUT2D eigenvalue weighted by Crippen LogP contribution is 2.22. The maximum atomic E-state index is 11.7. The number of ether oxygens (including phenoxy) is 2. The second kappa shape index (κ2) is 9.32. The fourth-order valence-corrected chi connectivity index (χ4v) is 2.28. The van der Waals surface area contributed by atoms with Crippen molar-refractivity contribution in [2.24, 2.45) is 0 Å². The van der Waals surface area contributed by atoms with Crippen LogP contribution in [0, 0.1) is 0 Å². The van der Waals surface area contributed by atoms with Crippen LogP contribution in [0.4, 0.5) is 0 Å². The highest BCUT2D eigenvalue weighted by Gasteiger charge is 2.45. The molecule has 0 unspecified atom stereocenters. The Labute approximate surface area is 124 Å². The SMILES string of the molecule is CCCCCCCC(=O)O[C@H]1[C@@H](O)[C@H](O)[C@@H](CO)O[C@H]1O. The lowest BCUT2D eigenvalue weighted by Gasteiger charge is -2.39. The predicted molar refractivity (Wildman–Crippen MR) is 73.2 cm³/mol. The first kappa shape index (κ1) is 18.3. The zero-order valence-electron chi connectivity index (χ0n) is 12.4. The summed E-state index contributed by atoms with van der Waals surface area (Å²) in [6, 6.07) is 0. The van der Waals surface area contributed by atoms with Crippen LogP contribution >= 0.6 is 0 Å². The third kappa shape index (κ3) is 5.52. The number of aliphatic hydroxyl groups is 4. The highest BCUT2D eigenvalue weighted by molar-refractivity contribution is 5.69. The number of carbonyl (C=O) groups excluding carboxylic acids is 1. The molecule has 124 valence electrons. The summed E-state index contributed by atoms with van der Waals surface area (Å²) in [4.78, 5) is 11.7. The molecule has 1 heterocycles. The molecular formula is C14H26O7. The van der Waals surface area contributed by atoms with Gasteiger partial charge in [-0.3, -0.25) is 4.79 Å². The Balaban J connectivity index is 2.37. The maximum Gasteiger partial charge on any atom is 0.306 e. The van der Waals surface area contributed by atoms with E-state index in [9.17, 15) is 20.1 Å². The van der Waals surface area contributed by atoms with Crippen molar-refractivity contribution in [2.45, 2.75) is 76.2 Å². The summed E-state index contributed by atoms with van der Waals surface area (Å²) < 4.78 is 9.89. The minimum Gasteiger partial charge on any atom is -0.454 e. The summed E-state index contributed by atoms with van der Waals surface area (Å²) >= 11 is 0. The van der Waals surface area contributed by atoms with Gasteiger partial charge < -0.3 is 29.9 Å². The normalized spacial score (nSPS) is 32.9. The molecule has 1 saturated heterocycles. The van der Waals surface area contributed by atoms with E-state index in [-0.39, 0.29) is 6.42 Å². The van der Waals surface area contributed by atoms with Gasteiger partial charge in [-0.2, -0.15) is 0 Å². The van der Waals surface area contributed by atoms with Gasteiger partial charge in [0.1, 0.15) is 18.3 Å². The maximum absolute atomic E-state index is 11.7. The number of aliphatic hydroxyl groups excluding tert-OH is 4. The first-order valence-corrected chi connectivity index (χ1v) is 7.51. The molecule has 0 radical (unpaired) electrons. The van der Waals surface area contributed by atoms with E-state index in [1.807, 2.05) is 0 Å². The standard InChI is InChI=1S/C14H26O7/c1-2-3-4-5-6-7-10(16)21-13-12(18)11(17)9(8-15)20-14(13)19/h9,11-15,17-19H,2-8H2,1H3/t9-,11-,12+,13+,14-/m1/s1. The Hall–Kier alpha value is -0.730. The van der Waals surface area contributed by atoms with Gasteiger partial charge in [0, 0.05) is 6.42 Å². The van der Waals surface area contributed by atoms with Gasteiger partial charge in [-0.05, 0) is 6.42 Å². The molecule has 0 saturated carbocycles. The van der Waals surface area contributed by atoms with Gasteiger partial charge in [0.25, 0.3) is 0 Å². The Bertz CT molecular complexity index is 310. The summed E-state index contributed by atoms with van der Waals surface area (Å²) in [5, 5.41) is 38.1. The average Bonchev–Trinajstić information content (AvgIpc) is 2.47. The van der Waals surface area contributed by atoms with Gasteiger partial charge in [-0.15, -0.1) is 0 Å². The van der Waals surface area contributed by atoms with Crippen molar-refractivity contribution >= 4 is 5.97 Å². The number of carbonyl (C=O) groups is 1. The van der Waals surface area contributed by atoms with Crippen molar-refractivity contribution in [2.75, 3.05) is 6.61 Å². The van der Waals surface area contributed by atoms with Crippen molar-refractivity contribution in [3.8, 4) is 0 Å². The number of hydrogen-bond acceptors (Lipinski definition) is 7. The van der Waals surface area contributed by atoms with Gasteiger partial charge in [0.05, 0.1) is 6.61 Å². The predicted octanol–water partition coefficient (Wildman–Crippen LogP) is -0.310. The van der Waals surface area contributed by atoms with Crippen LogP contribution in [0.15, 0.2) is 0 Å². The Kier molecular flexibility index (Phi) is 8.13. The lowest BCUT2D eigenvalue weighted by atomic mass is 9.99. The van der Waals surface area contributed by atoms with E-state index in [0.29, 0.717) is 6.42 Å². The highest BCUT2D eigenvalue weighted by atomic mass is 16.7. The molecule has 0 aromatic carbocycles. The van der Waals surface area contributed by atoms with E-state index in [0.717, 1.165) is 25.7 Å². The fourth-order valence-electron chi connectivity index (χ4n) is 2.28. The molecule has 1 fully saturated rings. The van der Waals surface area contributed by atoms with Gasteiger partial charge in [0.15, 0.2) is 12.4 Å². The average molecular weight is 306 g/mol. The van der Waals surface area contributed by atoms with E-state index < -0.39 is 43.3 Å². The summed E-state index contributed by atoms with van der Waals surface area (Å²) in [6.07, 6.45) is -1.82. The lowest BCUT2D eigenvalue weighted by molar-refractivity contribution is -0.290. The second-order valence-corrected chi connectivity index (χ2v) is 5.35. The topological polar surface area (TPSA) is 116 Å². The molecule has 0 bridgehead atoms. The van der Waals surface area contributed by atoms with Crippen LogP contribution < -0.4 is 0 Å². The summed E-state index contributed by atoms with van der Waals surface area (Å²) in [5.74, 6) is -0.548. The molecule has 1 aliphatic rings. The van der Waals surface area contributed by atoms with Crippen molar-refractivity contribution in [1.29, 1.82) is 0 Å². The molecule has 0 amide bonds. The zero-order chi connectivity index (χ0) is 15.8. The van der Waals surface area contributed by atoms with E-state index in [1.165, 1.54) is 0 Å². The van der Waals surface area contributed by atoms with E-state index >= 15 is 0 Å². The molecule has 7 nitrogen and oxygen atoms in total. The van der Waals surface area contributed by atoms with Crippen molar-refractivity contribution in [3.63, 3.8) is 0 Å². The van der Waals surface area contributed by atoms with Crippen LogP contribution in [0.5, 0.6) is 0 Å². The third-order valence-corrected chi connectivity index (χ3v) is 3.59. The number of esters is 1. The van der Waals surface area contributed by atoms with Crippen molar-refractivity contribution in [3.05, 3.63) is 0 Å². The van der Waals surface area contributed by atoms with Crippen LogP contribution in [0.25, 0.3) is 0 Å². The molecule has 7 heteroatoms. The molecule has 5 atom stereocenters. The quantitative estimate of drug-likeness (QED) is 0.359. The van der Waals surface area contributed by atoms with Crippen LogP contribution in [-0.4, -0.2) is 63.7 Å². The first-order chi connectivity index (χ1) is 10.0. The fraction of sp³-hybridized carbons (Fsp3) is 0.929. The van der Waals surface area contributed by atoms with E-state index in [4.69, 9.17) is 14.6 Å². The minimum absolute atomic E-state index is 0.194. The molecule has 0 spiro atoms. The van der Waals surface area contributed by atoms with Gasteiger partial charge in [-0.25, -0.2) is 0 Å². The number of hydrogen-bond donors (Lipinski definition) is 4. The zero-order valence-corrected chi connectivity index (χ0v) is 12.4. The summed E-state index contributed by atoms with van der Waals surface area (Å²) in [7, 11) is 0. The minimum atomic E-state index is -1.57. The smallest absolute Gasteiger partial charge is 0.306 e. The van der Waals surface area contributed by atoms with Gasteiger partial charge in [0.2, 0.25) is 0 Å². The molecule has 0 aliphatic carbocycles. The Morgan fingerprint density at radius 2 is 1.76 bits per heavy atom. The number of rotatable bonds is 8. The van der Waals surface area contributed by atoms with Crippen LogP contribution in [0.2, 0.25) is 0 Å². The molecule has 21 heavy (non-hydrogen) atoms. The van der Waals surface area contributed by atoms with Crippen LogP contribution in [0.1, 0.15) is 45.4 Å². The largest absolute Gasteiger partial charge is 0.454 e. The lowest BCUT2D eigenvalue weighted by Crippen LogP contribution is -2.59. The van der Waals surface area contributed by atoms with Crippen LogP contribution in [0.3, 0.4) is 0 Å². The van der Waals surface area contributed by atoms with E-state index in [2.05, 4.69) is 6.92 Å². The monoisotopic (exact) mass is 306 g/mol. The summed E-state index contributed by atoms with van der Waals surface area (Å²) in [5.41, 5.74) is 0. The summed E-state index contributed by atoms with van der Waals surface area (Å²) in [6.45, 7) is 1.55. The Morgan fingerprint density at radius 3 is 2.38 bits per heavy atom. The van der Waals surface area contributed by atoms with Gasteiger partial charge in [-0.1, -0.05) is 32.6 Å². The van der Waals surface area contributed by atoms with Gasteiger partial charge >= 0.3 is 5.97 Å². The molecule has 0 aromatic rings. The molecule has 1 rings (SSSR count).